The number of thiophene rings is 1. The van der Waals surface area contributed by atoms with Crippen LogP contribution in [0.5, 0.6) is 0 Å². The summed E-state index contributed by atoms with van der Waals surface area (Å²) < 4.78 is 5.30. The van der Waals surface area contributed by atoms with Gasteiger partial charge in [0.05, 0.1) is 16.5 Å². The fraction of sp³-hybridized carbons (Fsp3) is 0.611. The van der Waals surface area contributed by atoms with E-state index in [-0.39, 0.29) is 23.5 Å². The van der Waals surface area contributed by atoms with Gasteiger partial charge in [0.15, 0.2) is 0 Å². The van der Waals surface area contributed by atoms with E-state index in [9.17, 15) is 14.4 Å². The molecule has 1 N–H and O–H groups in total. The Bertz CT molecular complexity index is 633. The fourth-order valence-electron chi connectivity index (χ4n) is 2.39. The summed E-state index contributed by atoms with van der Waals surface area (Å²) in [6, 6.07) is 0. The van der Waals surface area contributed by atoms with Crippen LogP contribution in [0.15, 0.2) is 0 Å². The Kier molecular flexibility index (Phi) is 8.09. The van der Waals surface area contributed by atoms with Crippen molar-refractivity contribution in [3.63, 3.8) is 0 Å². The highest BCUT2D eigenvalue weighted by atomic mass is 32.1. The summed E-state index contributed by atoms with van der Waals surface area (Å²) in [6.45, 7) is 12.1. The SMILES string of the molecule is CCCC(=O)Nc1sc(C(=O)N(CC)CC)c(C)c1C(=O)OC(C)C. The van der Waals surface area contributed by atoms with Crippen molar-refractivity contribution >= 4 is 34.1 Å². The standard InChI is InChI=1S/C18H28N2O4S/c1-7-10-13(21)19-16-14(18(23)24-11(4)5)12(6)15(25-16)17(22)20(8-2)9-3/h11H,7-10H2,1-6H3,(H,19,21). The third kappa shape index (κ3) is 5.29. The molecule has 0 aliphatic carbocycles. The smallest absolute Gasteiger partial charge is 0.341 e. The predicted molar refractivity (Wildman–Crippen MR) is 100 cm³/mol. The van der Waals surface area contributed by atoms with Crippen LogP contribution in [0, 0.1) is 6.92 Å². The molecule has 7 heteroatoms. The van der Waals surface area contributed by atoms with Crippen LogP contribution in [0.3, 0.4) is 0 Å². The van der Waals surface area contributed by atoms with Gasteiger partial charge < -0.3 is 15.0 Å². The number of ether oxygens (including phenoxy) is 1. The molecule has 0 radical (unpaired) electrons. The van der Waals surface area contributed by atoms with Crippen molar-refractivity contribution in [3.8, 4) is 0 Å². The number of hydrogen-bond acceptors (Lipinski definition) is 5. The van der Waals surface area contributed by atoms with Crippen LogP contribution in [0.4, 0.5) is 5.00 Å². The number of carbonyl (C=O) groups is 3. The number of anilines is 1. The summed E-state index contributed by atoms with van der Waals surface area (Å²) in [5, 5.41) is 3.15. The molecule has 1 heterocycles. The van der Waals surface area contributed by atoms with Crippen molar-refractivity contribution in [2.45, 2.75) is 60.5 Å². The van der Waals surface area contributed by atoms with Gasteiger partial charge in [0.2, 0.25) is 5.91 Å². The molecule has 140 valence electrons. The Labute approximate surface area is 153 Å². The molecule has 0 atom stereocenters. The zero-order valence-corrected chi connectivity index (χ0v) is 16.7. The van der Waals surface area contributed by atoms with Gasteiger partial charge in [-0.05, 0) is 46.6 Å². The maximum atomic E-state index is 12.7. The fourth-order valence-corrected chi connectivity index (χ4v) is 3.57. The van der Waals surface area contributed by atoms with E-state index in [1.54, 1.807) is 25.7 Å². The second-order valence-corrected chi connectivity index (χ2v) is 7.01. The van der Waals surface area contributed by atoms with Crippen LogP contribution >= 0.6 is 11.3 Å². The average Bonchev–Trinajstić information content (AvgIpc) is 2.84. The van der Waals surface area contributed by atoms with Gasteiger partial charge in [0.25, 0.3) is 5.91 Å². The van der Waals surface area contributed by atoms with Gasteiger partial charge in [0, 0.05) is 19.5 Å². The van der Waals surface area contributed by atoms with Crippen LogP contribution in [0.1, 0.15) is 73.1 Å². The number of carbonyl (C=O) groups excluding carboxylic acids is 3. The van der Waals surface area contributed by atoms with E-state index in [1.807, 2.05) is 20.8 Å². The molecule has 25 heavy (non-hydrogen) atoms. The summed E-state index contributed by atoms with van der Waals surface area (Å²) in [6.07, 6.45) is 0.773. The van der Waals surface area contributed by atoms with E-state index in [0.29, 0.717) is 41.4 Å². The molecule has 0 aromatic carbocycles. The Balaban J connectivity index is 3.33. The number of esters is 1. The molecular weight excluding hydrogens is 340 g/mol. The first-order valence-corrected chi connectivity index (χ1v) is 9.51. The Morgan fingerprint density at radius 3 is 2.24 bits per heavy atom. The third-order valence-corrected chi connectivity index (χ3v) is 4.86. The molecular formula is C18H28N2O4S. The zero-order valence-electron chi connectivity index (χ0n) is 15.9. The number of rotatable bonds is 8. The monoisotopic (exact) mass is 368 g/mol. The number of amides is 2. The number of hydrogen-bond donors (Lipinski definition) is 1. The minimum absolute atomic E-state index is 0.137. The molecule has 1 aromatic heterocycles. The number of nitrogens with one attached hydrogen (secondary N) is 1. The highest BCUT2D eigenvalue weighted by Gasteiger charge is 2.28. The summed E-state index contributed by atoms with van der Waals surface area (Å²) in [5.74, 6) is -0.833. The normalized spacial score (nSPS) is 10.7. The largest absolute Gasteiger partial charge is 0.459 e. The van der Waals surface area contributed by atoms with Crippen molar-refractivity contribution in [1.82, 2.24) is 4.90 Å². The van der Waals surface area contributed by atoms with Crippen LogP contribution in [-0.2, 0) is 9.53 Å². The molecule has 2 amide bonds. The first kappa shape index (κ1) is 21.2. The molecule has 0 unspecified atom stereocenters. The van der Waals surface area contributed by atoms with Crippen molar-refractivity contribution in [1.29, 1.82) is 0 Å². The van der Waals surface area contributed by atoms with E-state index < -0.39 is 5.97 Å². The van der Waals surface area contributed by atoms with Crippen molar-refractivity contribution < 1.29 is 19.1 Å². The minimum Gasteiger partial charge on any atom is -0.459 e. The predicted octanol–water partition coefficient (Wildman–Crippen LogP) is 3.84. The molecule has 0 fully saturated rings. The Hall–Kier alpha value is -1.89. The molecule has 0 aliphatic heterocycles. The Morgan fingerprint density at radius 1 is 1.16 bits per heavy atom. The summed E-state index contributed by atoms with van der Waals surface area (Å²) >= 11 is 1.14. The lowest BCUT2D eigenvalue weighted by molar-refractivity contribution is -0.116. The van der Waals surface area contributed by atoms with Crippen LogP contribution < -0.4 is 5.32 Å². The van der Waals surface area contributed by atoms with E-state index in [2.05, 4.69) is 5.32 Å². The molecule has 1 aromatic rings. The maximum absolute atomic E-state index is 12.7. The van der Waals surface area contributed by atoms with Gasteiger partial charge in [-0.1, -0.05) is 6.92 Å². The van der Waals surface area contributed by atoms with Crippen LogP contribution in [0.25, 0.3) is 0 Å². The van der Waals surface area contributed by atoms with E-state index in [4.69, 9.17) is 4.74 Å². The van der Waals surface area contributed by atoms with Gasteiger partial charge in [-0.15, -0.1) is 11.3 Å². The minimum atomic E-state index is -0.519. The van der Waals surface area contributed by atoms with Gasteiger partial charge >= 0.3 is 5.97 Å². The Morgan fingerprint density at radius 2 is 1.76 bits per heavy atom. The lowest BCUT2D eigenvalue weighted by Crippen LogP contribution is -2.30. The van der Waals surface area contributed by atoms with Crippen LogP contribution in [0.2, 0.25) is 0 Å². The summed E-state index contributed by atoms with van der Waals surface area (Å²) in [4.78, 5) is 39.4. The molecule has 0 bridgehead atoms. The van der Waals surface area contributed by atoms with E-state index >= 15 is 0 Å². The third-order valence-electron chi connectivity index (χ3n) is 3.67. The zero-order chi connectivity index (χ0) is 19.1. The van der Waals surface area contributed by atoms with Gasteiger partial charge in [-0.25, -0.2) is 4.79 Å². The first-order valence-electron chi connectivity index (χ1n) is 8.70. The topological polar surface area (TPSA) is 75.7 Å². The van der Waals surface area contributed by atoms with Crippen molar-refractivity contribution in [2.24, 2.45) is 0 Å². The van der Waals surface area contributed by atoms with E-state index in [0.717, 1.165) is 11.3 Å². The van der Waals surface area contributed by atoms with E-state index in [1.165, 1.54) is 0 Å². The molecule has 0 aliphatic rings. The summed E-state index contributed by atoms with van der Waals surface area (Å²) in [5.41, 5.74) is 0.831. The highest BCUT2D eigenvalue weighted by Crippen LogP contribution is 2.35. The van der Waals surface area contributed by atoms with Crippen LogP contribution in [-0.4, -0.2) is 41.9 Å². The molecule has 0 saturated heterocycles. The molecule has 6 nitrogen and oxygen atoms in total. The molecule has 1 rings (SSSR count). The maximum Gasteiger partial charge on any atom is 0.341 e. The van der Waals surface area contributed by atoms with Crippen molar-refractivity contribution in [2.75, 3.05) is 18.4 Å². The first-order chi connectivity index (χ1) is 11.8. The van der Waals surface area contributed by atoms with Gasteiger partial charge in [0.1, 0.15) is 5.00 Å². The van der Waals surface area contributed by atoms with Gasteiger partial charge in [-0.3, -0.25) is 9.59 Å². The van der Waals surface area contributed by atoms with Crippen molar-refractivity contribution in [3.05, 3.63) is 16.0 Å². The van der Waals surface area contributed by atoms with Gasteiger partial charge in [-0.2, -0.15) is 0 Å². The second kappa shape index (κ2) is 9.56. The lowest BCUT2D eigenvalue weighted by Gasteiger charge is -2.18. The highest BCUT2D eigenvalue weighted by molar-refractivity contribution is 7.18. The quantitative estimate of drug-likeness (QED) is 0.707. The summed E-state index contributed by atoms with van der Waals surface area (Å²) in [7, 11) is 0. The second-order valence-electron chi connectivity index (χ2n) is 5.99. The molecule has 0 saturated carbocycles. The lowest BCUT2D eigenvalue weighted by atomic mass is 10.1. The number of nitrogens with zero attached hydrogens (tertiary/aromatic N) is 1. The average molecular weight is 368 g/mol. The molecule has 0 spiro atoms.